The quantitative estimate of drug-likeness (QED) is 0.898. The molecule has 2 aromatic carbocycles. The lowest BCUT2D eigenvalue weighted by atomic mass is 9.97. The maximum absolute atomic E-state index is 11.5. The molecule has 3 rings (SSSR count). The van der Waals surface area contributed by atoms with Gasteiger partial charge in [0, 0.05) is 6.61 Å². The molecule has 1 saturated heterocycles. The van der Waals surface area contributed by atoms with E-state index in [1.807, 2.05) is 19.1 Å². The molecule has 25 heavy (non-hydrogen) atoms. The second-order valence-corrected chi connectivity index (χ2v) is 6.16. The van der Waals surface area contributed by atoms with Crippen molar-refractivity contribution in [2.24, 2.45) is 0 Å². The number of benzene rings is 2. The largest absolute Gasteiger partial charge is 0.491 e. The van der Waals surface area contributed by atoms with Crippen molar-refractivity contribution in [3.8, 4) is 22.9 Å². The SMILES string of the molecule is Cc1ccc(-c2cc(OCC3CCCO3)cc(C(=O)O)c2)c(C#N)c1. The van der Waals surface area contributed by atoms with E-state index in [1.54, 1.807) is 18.2 Å². The van der Waals surface area contributed by atoms with Gasteiger partial charge in [-0.15, -0.1) is 0 Å². The molecule has 0 spiro atoms. The van der Waals surface area contributed by atoms with Crippen molar-refractivity contribution in [1.82, 2.24) is 0 Å². The van der Waals surface area contributed by atoms with Gasteiger partial charge in [0.25, 0.3) is 0 Å². The van der Waals surface area contributed by atoms with Gasteiger partial charge in [-0.05, 0) is 60.7 Å². The molecule has 0 amide bonds. The summed E-state index contributed by atoms with van der Waals surface area (Å²) < 4.78 is 11.3. The Labute approximate surface area is 146 Å². The topological polar surface area (TPSA) is 79.6 Å². The van der Waals surface area contributed by atoms with Crippen LogP contribution in [0.25, 0.3) is 11.1 Å². The van der Waals surface area contributed by atoms with Gasteiger partial charge < -0.3 is 14.6 Å². The number of hydrogen-bond donors (Lipinski definition) is 1. The van der Waals surface area contributed by atoms with E-state index < -0.39 is 5.97 Å². The van der Waals surface area contributed by atoms with Crippen LogP contribution in [0.3, 0.4) is 0 Å². The van der Waals surface area contributed by atoms with Crippen molar-refractivity contribution >= 4 is 5.97 Å². The number of nitrogens with zero attached hydrogens (tertiary/aromatic N) is 1. The highest BCUT2D eigenvalue weighted by molar-refractivity contribution is 5.90. The van der Waals surface area contributed by atoms with Crippen LogP contribution in [0.4, 0.5) is 0 Å². The summed E-state index contributed by atoms with van der Waals surface area (Å²) in [5.41, 5.74) is 2.96. The number of carboxylic acids is 1. The summed E-state index contributed by atoms with van der Waals surface area (Å²) in [5.74, 6) is -0.565. The van der Waals surface area contributed by atoms with Crippen molar-refractivity contribution in [3.05, 3.63) is 53.1 Å². The van der Waals surface area contributed by atoms with Gasteiger partial charge in [-0.3, -0.25) is 0 Å². The Kier molecular flexibility index (Phi) is 5.01. The number of carboxylic acid groups (broad SMARTS) is 1. The van der Waals surface area contributed by atoms with Crippen molar-refractivity contribution in [2.45, 2.75) is 25.9 Å². The molecule has 0 radical (unpaired) electrons. The third-order valence-electron chi connectivity index (χ3n) is 4.22. The van der Waals surface area contributed by atoms with Gasteiger partial charge in [-0.25, -0.2) is 4.79 Å². The number of hydrogen-bond acceptors (Lipinski definition) is 4. The minimum absolute atomic E-state index is 0.0472. The second-order valence-electron chi connectivity index (χ2n) is 6.16. The maximum Gasteiger partial charge on any atom is 0.335 e. The first-order chi connectivity index (χ1) is 12.1. The van der Waals surface area contributed by atoms with E-state index in [-0.39, 0.29) is 11.7 Å². The highest BCUT2D eigenvalue weighted by Gasteiger charge is 2.17. The number of nitriles is 1. The molecule has 1 unspecified atom stereocenters. The summed E-state index contributed by atoms with van der Waals surface area (Å²) in [6.45, 7) is 3.04. The van der Waals surface area contributed by atoms with Gasteiger partial charge in [-0.1, -0.05) is 12.1 Å². The lowest BCUT2D eigenvalue weighted by molar-refractivity contribution is 0.0672. The van der Waals surface area contributed by atoms with Gasteiger partial charge >= 0.3 is 5.97 Å². The average Bonchev–Trinajstić information content (AvgIpc) is 3.13. The minimum Gasteiger partial charge on any atom is -0.491 e. The third-order valence-corrected chi connectivity index (χ3v) is 4.22. The Hall–Kier alpha value is -2.84. The normalized spacial score (nSPS) is 16.4. The predicted molar refractivity (Wildman–Crippen MR) is 92.8 cm³/mol. The smallest absolute Gasteiger partial charge is 0.335 e. The predicted octanol–water partition coefficient (Wildman–Crippen LogP) is 3.79. The van der Waals surface area contributed by atoms with E-state index in [0.717, 1.165) is 25.0 Å². The molecule has 1 heterocycles. The molecule has 1 aliphatic rings. The summed E-state index contributed by atoms with van der Waals surface area (Å²) >= 11 is 0. The molecule has 0 aliphatic carbocycles. The van der Waals surface area contributed by atoms with Crippen molar-refractivity contribution < 1.29 is 19.4 Å². The first-order valence-corrected chi connectivity index (χ1v) is 8.21. The molecule has 1 N–H and O–H groups in total. The molecule has 0 aromatic heterocycles. The van der Waals surface area contributed by atoms with Crippen LogP contribution in [0.2, 0.25) is 0 Å². The molecule has 1 aliphatic heterocycles. The lowest BCUT2D eigenvalue weighted by Gasteiger charge is -2.14. The zero-order valence-corrected chi connectivity index (χ0v) is 14.0. The van der Waals surface area contributed by atoms with Crippen molar-refractivity contribution in [3.63, 3.8) is 0 Å². The molecule has 5 nitrogen and oxygen atoms in total. The van der Waals surface area contributed by atoms with Crippen LogP contribution in [-0.4, -0.2) is 30.4 Å². The molecule has 1 atom stereocenters. The van der Waals surface area contributed by atoms with Crippen LogP contribution in [0.5, 0.6) is 5.75 Å². The molecule has 1 fully saturated rings. The summed E-state index contributed by atoms with van der Waals surface area (Å²) in [4.78, 5) is 11.5. The van der Waals surface area contributed by atoms with Crippen LogP contribution in [0, 0.1) is 18.3 Å². The number of carbonyl (C=O) groups is 1. The molecular formula is C20H19NO4. The Morgan fingerprint density at radius 2 is 2.20 bits per heavy atom. The van der Waals surface area contributed by atoms with Crippen LogP contribution >= 0.6 is 0 Å². The van der Waals surface area contributed by atoms with Crippen molar-refractivity contribution in [1.29, 1.82) is 5.26 Å². The first-order valence-electron chi connectivity index (χ1n) is 8.21. The zero-order valence-electron chi connectivity index (χ0n) is 14.0. The Balaban J connectivity index is 1.95. The zero-order chi connectivity index (χ0) is 17.8. The van der Waals surface area contributed by atoms with E-state index in [9.17, 15) is 15.2 Å². The Bertz CT molecular complexity index is 832. The van der Waals surface area contributed by atoms with Gasteiger partial charge in [0.1, 0.15) is 12.4 Å². The molecule has 5 heteroatoms. The monoisotopic (exact) mass is 337 g/mol. The van der Waals surface area contributed by atoms with E-state index in [1.165, 1.54) is 6.07 Å². The Morgan fingerprint density at radius 1 is 1.36 bits per heavy atom. The van der Waals surface area contributed by atoms with Crippen molar-refractivity contribution in [2.75, 3.05) is 13.2 Å². The number of aromatic carboxylic acids is 1. The standard InChI is InChI=1S/C20H19NO4/c1-13-4-5-19(16(7-13)11-21)14-8-15(20(22)23)10-18(9-14)25-12-17-3-2-6-24-17/h4-5,7-10,17H,2-3,6,12H2,1H3,(H,22,23). The van der Waals surface area contributed by atoms with Crippen LogP contribution < -0.4 is 4.74 Å². The van der Waals surface area contributed by atoms with Crippen LogP contribution in [0.15, 0.2) is 36.4 Å². The number of ether oxygens (including phenoxy) is 2. The average molecular weight is 337 g/mol. The highest BCUT2D eigenvalue weighted by atomic mass is 16.5. The molecule has 2 aromatic rings. The molecule has 0 saturated carbocycles. The summed E-state index contributed by atoms with van der Waals surface area (Å²) in [5, 5.41) is 18.8. The third kappa shape index (κ3) is 3.98. The lowest BCUT2D eigenvalue weighted by Crippen LogP contribution is -2.16. The summed E-state index contributed by atoms with van der Waals surface area (Å²) in [6.07, 6.45) is 2.01. The van der Waals surface area contributed by atoms with E-state index >= 15 is 0 Å². The minimum atomic E-state index is -1.03. The summed E-state index contributed by atoms with van der Waals surface area (Å²) in [6, 6.07) is 12.5. The fourth-order valence-corrected chi connectivity index (χ4v) is 2.93. The summed E-state index contributed by atoms with van der Waals surface area (Å²) in [7, 11) is 0. The first kappa shape index (κ1) is 17.0. The van der Waals surface area contributed by atoms with Gasteiger partial charge in [0.15, 0.2) is 0 Å². The number of aryl methyl sites for hydroxylation is 1. The second kappa shape index (κ2) is 7.37. The van der Waals surface area contributed by atoms with Crippen LogP contribution in [-0.2, 0) is 4.74 Å². The Morgan fingerprint density at radius 3 is 2.88 bits per heavy atom. The molecule has 128 valence electrons. The van der Waals surface area contributed by atoms with E-state index in [2.05, 4.69) is 6.07 Å². The van der Waals surface area contributed by atoms with Gasteiger partial charge in [0.2, 0.25) is 0 Å². The van der Waals surface area contributed by atoms with E-state index in [4.69, 9.17) is 9.47 Å². The molecular weight excluding hydrogens is 318 g/mol. The van der Waals surface area contributed by atoms with E-state index in [0.29, 0.717) is 29.0 Å². The molecule has 0 bridgehead atoms. The van der Waals surface area contributed by atoms with Crippen LogP contribution in [0.1, 0.15) is 34.3 Å². The fraction of sp³-hybridized carbons (Fsp3) is 0.300. The highest BCUT2D eigenvalue weighted by Crippen LogP contribution is 2.30. The fourth-order valence-electron chi connectivity index (χ4n) is 2.93. The van der Waals surface area contributed by atoms with Gasteiger partial charge in [-0.2, -0.15) is 5.26 Å². The maximum atomic E-state index is 11.5. The van der Waals surface area contributed by atoms with Gasteiger partial charge in [0.05, 0.1) is 23.3 Å². The number of rotatable bonds is 5.